The Hall–Kier alpha value is -1.85. The number of benzene rings is 2. The maximum atomic E-state index is 12.0. The predicted octanol–water partition coefficient (Wildman–Crippen LogP) is 4.36. The lowest BCUT2D eigenvalue weighted by atomic mass is 10.1. The van der Waals surface area contributed by atoms with Crippen molar-refractivity contribution in [2.24, 2.45) is 0 Å². The average molecular weight is 391 g/mol. The Labute approximate surface area is 149 Å². The first kappa shape index (κ1) is 17.0. The fourth-order valence-electron chi connectivity index (χ4n) is 2.49. The van der Waals surface area contributed by atoms with Crippen LogP contribution in [0.25, 0.3) is 0 Å². The Morgan fingerprint density at radius 3 is 2.67 bits per heavy atom. The zero-order chi connectivity index (χ0) is 16.8. The third kappa shape index (κ3) is 4.58. The maximum absolute atomic E-state index is 12.0. The predicted molar refractivity (Wildman–Crippen MR) is 94.2 cm³/mol. The first-order valence-electron chi connectivity index (χ1n) is 7.97. The first-order chi connectivity index (χ1) is 11.7. The van der Waals surface area contributed by atoms with E-state index in [9.17, 15) is 4.79 Å². The fourth-order valence-corrected chi connectivity index (χ4v) is 2.89. The Balaban J connectivity index is 1.51. The molecule has 0 spiro atoms. The molecule has 0 aliphatic carbocycles. The third-order valence-corrected chi connectivity index (χ3v) is 4.50. The summed E-state index contributed by atoms with van der Waals surface area (Å²) >= 11 is 3.45. The maximum Gasteiger partial charge on any atom is 0.338 e. The summed E-state index contributed by atoms with van der Waals surface area (Å²) in [5.74, 6) is 0.473. The Morgan fingerprint density at radius 2 is 1.96 bits per heavy atom. The van der Waals surface area contributed by atoms with Gasteiger partial charge in [-0.05, 0) is 58.6 Å². The van der Waals surface area contributed by atoms with Gasteiger partial charge < -0.3 is 14.2 Å². The molecule has 1 atom stereocenters. The number of para-hydroxylation sites is 1. The monoisotopic (exact) mass is 390 g/mol. The van der Waals surface area contributed by atoms with Gasteiger partial charge in [-0.25, -0.2) is 4.79 Å². The van der Waals surface area contributed by atoms with Crippen LogP contribution in [0.5, 0.6) is 5.75 Å². The highest BCUT2D eigenvalue weighted by Crippen LogP contribution is 2.24. The van der Waals surface area contributed by atoms with Gasteiger partial charge in [0.2, 0.25) is 0 Å². The molecule has 5 heteroatoms. The summed E-state index contributed by atoms with van der Waals surface area (Å²) in [5.41, 5.74) is 1.53. The van der Waals surface area contributed by atoms with Gasteiger partial charge in [0.25, 0.3) is 0 Å². The molecule has 126 valence electrons. The van der Waals surface area contributed by atoms with E-state index in [0.717, 1.165) is 35.2 Å². The highest BCUT2D eigenvalue weighted by atomic mass is 79.9. The lowest BCUT2D eigenvalue weighted by Gasteiger charge is -2.11. The van der Waals surface area contributed by atoms with Gasteiger partial charge in [-0.2, -0.15) is 0 Å². The molecule has 24 heavy (non-hydrogen) atoms. The van der Waals surface area contributed by atoms with Crippen LogP contribution in [0.1, 0.15) is 28.8 Å². The molecule has 1 heterocycles. The topological polar surface area (TPSA) is 44.8 Å². The lowest BCUT2D eigenvalue weighted by Crippen LogP contribution is -2.17. The summed E-state index contributed by atoms with van der Waals surface area (Å²) in [6, 6.07) is 15.0. The highest BCUT2D eigenvalue weighted by Gasteiger charge is 2.18. The normalized spacial score (nSPS) is 16.8. The van der Waals surface area contributed by atoms with Crippen molar-refractivity contribution in [3.63, 3.8) is 0 Å². The number of ether oxygens (including phenoxy) is 3. The number of carbonyl (C=O) groups is 1. The SMILES string of the molecule is O=C(OC[C@@H]1CCCO1)c1ccc(COc2ccccc2Br)cc1. The second-order valence-electron chi connectivity index (χ2n) is 5.65. The summed E-state index contributed by atoms with van der Waals surface area (Å²) in [6.45, 7) is 1.52. The van der Waals surface area contributed by atoms with Gasteiger partial charge in [0.15, 0.2) is 0 Å². The van der Waals surface area contributed by atoms with Gasteiger partial charge in [-0.1, -0.05) is 24.3 Å². The second-order valence-corrected chi connectivity index (χ2v) is 6.50. The lowest BCUT2D eigenvalue weighted by molar-refractivity contribution is 0.0161. The molecule has 1 saturated heterocycles. The van der Waals surface area contributed by atoms with E-state index < -0.39 is 0 Å². The van der Waals surface area contributed by atoms with Crippen LogP contribution in [-0.2, 0) is 16.1 Å². The van der Waals surface area contributed by atoms with E-state index in [1.165, 1.54) is 0 Å². The molecule has 0 amide bonds. The molecule has 0 radical (unpaired) electrons. The molecular formula is C19H19BrO4. The molecule has 1 aliphatic rings. The summed E-state index contributed by atoms with van der Waals surface area (Å²) in [7, 11) is 0. The summed E-state index contributed by atoms with van der Waals surface area (Å²) in [6.07, 6.45) is 2.04. The fraction of sp³-hybridized carbons (Fsp3) is 0.316. The molecule has 0 saturated carbocycles. The minimum atomic E-state index is -0.316. The molecule has 3 rings (SSSR count). The van der Waals surface area contributed by atoms with Crippen molar-refractivity contribution < 1.29 is 19.0 Å². The quantitative estimate of drug-likeness (QED) is 0.687. The van der Waals surface area contributed by atoms with Gasteiger partial charge in [0.05, 0.1) is 16.1 Å². The van der Waals surface area contributed by atoms with Gasteiger partial charge in [0, 0.05) is 6.61 Å². The Kier molecular flexibility index (Phi) is 5.88. The van der Waals surface area contributed by atoms with Crippen LogP contribution in [0.2, 0.25) is 0 Å². The van der Waals surface area contributed by atoms with Crippen molar-refractivity contribution in [1.29, 1.82) is 0 Å². The molecule has 1 fully saturated rings. The molecule has 1 aliphatic heterocycles. The Bertz CT molecular complexity index is 678. The average Bonchev–Trinajstić information content (AvgIpc) is 3.13. The van der Waals surface area contributed by atoms with Gasteiger partial charge in [-0.3, -0.25) is 0 Å². The molecule has 0 N–H and O–H groups in total. The number of halogens is 1. The largest absolute Gasteiger partial charge is 0.488 e. The van der Waals surface area contributed by atoms with Gasteiger partial charge >= 0.3 is 5.97 Å². The van der Waals surface area contributed by atoms with Gasteiger partial charge in [-0.15, -0.1) is 0 Å². The number of rotatable bonds is 6. The standard InChI is InChI=1S/C19H19BrO4/c20-17-5-1-2-6-18(17)23-12-14-7-9-15(10-8-14)19(21)24-13-16-4-3-11-22-16/h1-2,5-10,16H,3-4,11-13H2/t16-/m0/s1. The third-order valence-electron chi connectivity index (χ3n) is 3.84. The van der Waals surface area contributed by atoms with Crippen LogP contribution >= 0.6 is 15.9 Å². The summed E-state index contributed by atoms with van der Waals surface area (Å²) < 4.78 is 17.4. The van der Waals surface area contributed by atoms with E-state index in [0.29, 0.717) is 18.8 Å². The smallest absolute Gasteiger partial charge is 0.338 e. The number of esters is 1. The molecule has 2 aromatic carbocycles. The number of hydrogen-bond donors (Lipinski definition) is 0. The van der Waals surface area contributed by atoms with E-state index in [4.69, 9.17) is 14.2 Å². The molecule has 0 unspecified atom stereocenters. The van der Waals surface area contributed by atoms with E-state index in [1.807, 2.05) is 36.4 Å². The van der Waals surface area contributed by atoms with Crippen LogP contribution in [0.3, 0.4) is 0 Å². The van der Waals surface area contributed by atoms with Crippen molar-refractivity contribution in [1.82, 2.24) is 0 Å². The molecule has 2 aromatic rings. The minimum Gasteiger partial charge on any atom is -0.488 e. The van der Waals surface area contributed by atoms with Crippen molar-refractivity contribution in [2.75, 3.05) is 13.2 Å². The van der Waals surface area contributed by atoms with Crippen LogP contribution in [0, 0.1) is 0 Å². The second kappa shape index (κ2) is 8.31. The van der Waals surface area contributed by atoms with Crippen molar-refractivity contribution >= 4 is 21.9 Å². The highest BCUT2D eigenvalue weighted by molar-refractivity contribution is 9.10. The molecule has 4 nitrogen and oxygen atoms in total. The number of hydrogen-bond acceptors (Lipinski definition) is 4. The summed E-state index contributed by atoms with van der Waals surface area (Å²) in [4.78, 5) is 12.0. The van der Waals surface area contributed by atoms with Crippen LogP contribution in [0.15, 0.2) is 53.0 Å². The molecule has 0 aromatic heterocycles. The van der Waals surface area contributed by atoms with Crippen LogP contribution < -0.4 is 4.74 Å². The zero-order valence-corrected chi connectivity index (χ0v) is 14.8. The van der Waals surface area contributed by atoms with Crippen molar-refractivity contribution in [2.45, 2.75) is 25.6 Å². The van der Waals surface area contributed by atoms with Crippen LogP contribution in [0.4, 0.5) is 0 Å². The zero-order valence-electron chi connectivity index (χ0n) is 13.2. The van der Waals surface area contributed by atoms with E-state index in [-0.39, 0.29) is 12.1 Å². The van der Waals surface area contributed by atoms with Crippen LogP contribution in [-0.4, -0.2) is 25.3 Å². The van der Waals surface area contributed by atoms with Crippen molar-refractivity contribution in [3.8, 4) is 5.75 Å². The summed E-state index contributed by atoms with van der Waals surface area (Å²) in [5, 5.41) is 0. The Morgan fingerprint density at radius 1 is 1.17 bits per heavy atom. The van der Waals surface area contributed by atoms with Gasteiger partial charge in [0.1, 0.15) is 19.0 Å². The minimum absolute atomic E-state index is 0.0472. The van der Waals surface area contributed by atoms with E-state index in [1.54, 1.807) is 12.1 Å². The van der Waals surface area contributed by atoms with Crippen molar-refractivity contribution in [3.05, 3.63) is 64.1 Å². The van der Waals surface area contributed by atoms with E-state index in [2.05, 4.69) is 15.9 Å². The number of carbonyl (C=O) groups excluding carboxylic acids is 1. The molecule has 0 bridgehead atoms. The first-order valence-corrected chi connectivity index (χ1v) is 8.76. The molecular weight excluding hydrogens is 372 g/mol. The van der Waals surface area contributed by atoms with E-state index >= 15 is 0 Å².